The molecule has 0 fully saturated rings. The van der Waals surface area contributed by atoms with Gasteiger partial charge in [-0.2, -0.15) is 0 Å². The van der Waals surface area contributed by atoms with Gasteiger partial charge in [0.25, 0.3) is 0 Å². The number of ether oxygens (including phenoxy) is 1. The highest BCUT2D eigenvalue weighted by atomic mass is 35.5. The smallest absolute Gasteiger partial charge is 0.119 e. The maximum Gasteiger partial charge on any atom is 0.119 e. The Balaban J connectivity index is 1.77. The third kappa shape index (κ3) is 4.97. The summed E-state index contributed by atoms with van der Waals surface area (Å²) in [6.07, 6.45) is 1.18. The summed E-state index contributed by atoms with van der Waals surface area (Å²) in [4.78, 5) is 4.30. The number of aliphatic hydroxyl groups excluding tert-OH is 1. The molecular formula is C15H19ClN2O2S. The molecule has 2 rings (SSSR count). The fraction of sp³-hybridized carbons (Fsp3) is 0.400. The molecule has 0 aliphatic carbocycles. The zero-order chi connectivity index (χ0) is 15.3. The fourth-order valence-electron chi connectivity index (χ4n) is 1.76. The number of rotatable bonds is 7. The van der Waals surface area contributed by atoms with Crippen molar-refractivity contribution in [3.63, 3.8) is 0 Å². The van der Waals surface area contributed by atoms with Crippen LogP contribution in [0.1, 0.15) is 18.9 Å². The zero-order valence-corrected chi connectivity index (χ0v) is 13.6. The second kappa shape index (κ2) is 7.22. The molecule has 6 heteroatoms. The van der Waals surface area contributed by atoms with E-state index >= 15 is 0 Å². The molecule has 0 saturated carbocycles. The average Bonchev–Trinajstić information content (AvgIpc) is 3.00. The summed E-state index contributed by atoms with van der Waals surface area (Å²) in [7, 11) is 0. The Morgan fingerprint density at radius 1 is 1.38 bits per heavy atom. The van der Waals surface area contributed by atoms with Crippen molar-refractivity contribution in [2.75, 3.05) is 13.2 Å². The van der Waals surface area contributed by atoms with Crippen molar-refractivity contribution in [2.24, 2.45) is 0 Å². The standard InChI is InChI=1S/C15H19ClN2O2S/c1-15(2,14-17-7-8-21-14)18-9-12(19)10-20-13-5-3-11(16)4-6-13/h3-8,12,18-19H,9-10H2,1-2H3. The van der Waals surface area contributed by atoms with Crippen molar-refractivity contribution in [3.05, 3.63) is 45.9 Å². The van der Waals surface area contributed by atoms with E-state index in [2.05, 4.69) is 10.3 Å². The van der Waals surface area contributed by atoms with Crippen LogP contribution in [0, 0.1) is 0 Å². The summed E-state index contributed by atoms with van der Waals surface area (Å²) in [6, 6.07) is 7.07. The summed E-state index contributed by atoms with van der Waals surface area (Å²) >= 11 is 7.40. The summed E-state index contributed by atoms with van der Waals surface area (Å²) in [5.74, 6) is 0.692. The van der Waals surface area contributed by atoms with Crippen molar-refractivity contribution in [1.82, 2.24) is 10.3 Å². The molecule has 4 nitrogen and oxygen atoms in total. The van der Waals surface area contributed by atoms with Crippen LogP contribution in [0.5, 0.6) is 5.75 Å². The van der Waals surface area contributed by atoms with Crippen molar-refractivity contribution in [1.29, 1.82) is 0 Å². The lowest BCUT2D eigenvalue weighted by Crippen LogP contribution is -2.42. The lowest BCUT2D eigenvalue weighted by Gasteiger charge is -2.25. The van der Waals surface area contributed by atoms with Crippen LogP contribution >= 0.6 is 22.9 Å². The van der Waals surface area contributed by atoms with Crippen LogP contribution in [0.4, 0.5) is 0 Å². The number of thiazole rings is 1. The predicted molar refractivity (Wildman–Crippen MR) is 86.1 cm³/mol. The van der Waals surface area contributed by atoms with E-state index in [4.69, 9.17) is 16.3 Å². The number of nitrogens with one attached hydrogen (secondary N) is 1. The second-order valence-electron chi connectivity index (χ2n) is 5.26. The van der Waals surface area contributed by atoms with E-state index in [-0.39, 0.29) is 12.1 Å². The van der Waals surface area contributed by atoms with Gasteiger partial charge in [0.15, 0.2) is 0 Å². The number of halogens is 1. The van der Waals surface area contributed by atoms with E-state index in [0.29, 0.717) is 17.3 Å². The molecule has 1 aromatic carbocycles. The third-order valence-corrected chi connectivity index (χ3v) is 4.35. The first-order valence-electron chi connectivity index (χ1n) is 6.69. The van der Waals surface area contributed by atoms with Crippen LogP contribution in [0.15, 0.2) is 35.8 Å². The van der Waals surface area contributed by atoms with Crippen LogP contribution in [0.2, 0.25) is 5.02 Å². The predicted octanol–water partition coefficient (Wildman–Crippen LogP) is 3.06. The lowest BCUT2D eigenvalue weighted by atomic mass is 10.1. The third-order valence-electron chi connectivity index (χ3n) is 3.00. The van der Waals surface area contributed by atoms with Crippen LogP contribution < -0.4 is 10.1 Å². The molecule has 0 saturated heterocycles. The minimum atomic E-state index is -0.597. The van der Waals surface area contributed by atoms with Crippen molar-refractivity contribution < 1.29 is 9.84 Å². The first kappa shape index (κ1) is 16.2. The molecule has 1 atom stereocenters. The number of benzene rings is 1. The van der Waals surface area contributed by atoms with Gasteiger partial charge in [-0.1, -0.05) is 11.6 Å². The van der Waals surface area contributed by atoms with Gasteiger partial charge in [0.05, 0.1) is 5.54 Å². The van der Waals surface area contributed by atoms with Gasteiger partial charge in [0.1, 0.15) is 23.5 Å². The molecule has 0 aliphatic rings. The van der Waals surface area contributed by atoms with Gasteiger partial charge in [0, 0.05) is 23.1 Å². The van der Waals surface area contributed by atoms with Gasteiger partial charge >= 0.3 is 0 Å². The van der Waals surface area contributed by atoms with Crippen LogP contribution in [0.25, 0.3) is 0 Å². The Morgan fingerprint density at radius 2 is 2.10 bits per heavy atom. The van der Waals surface area contributed by atoms with Gasteiger partial charge < -0.3 is 15.2 Å². The molecule has 1 unspecified atom stereocenters. The highest BCUT2D eigenvalue weighted by Crippen LogP contribution is 2.21. The molecule has 2 N–H and O–H groups in total. The first-order chi connectivity index (χ1) is 9.97. The zero-order valence-electron chi connectivity index (χ0n) is 12.0. The topological polar surface area (TPSA) is 54.4 Å². The number of hydrogen-bond acceptors (Lipinski definition) is 5. The summed E-state index contributed by atoms with van der Waals surface area (Å²) < 4.78 is 5.52. The molecule has 0 spiro atoms. The Kier molecular flexibility index (Phi) is 5.58. The second-order valence-corrected chi connectivity index (χ2v) is 6.59. The maximum atomic E-state index is 10.00. The van der Waals surface area contributed by atoms with E-state index in [1.165, 1.54) is 0 Å². The quantitative estimate of drug-likeness (QED) is 0.821. The Hall–Kier alpha value is -1.14. The first-order valence-corrected chi connectivity index (χ1v) is 7.94. The van der Waals surface area contributed by atoms with Gasteiger partial charge in [-0.25, -0.2) is 4.98 Å². The molecule has 21 heavy (non-hydrogen) atoms. The molecule has 0 aliphatic heterocycles. The van der Waals surface area contributed by atoms with Crippen molar-refractivity contribution >= 4 is 22.9 Å². The normalized spacial score (nSPS) is 13.1. The number of hydrogen-bond donors (Lipinski definition) is 2. The molecular weight excluding hydrogens is 308 g/mol. The Morgan fingerprint density at radius 3 is 2.71 bits per heavy atom. The maximum absolute atomic E-state index is 10.00. The van der Waals surface area contributed by atoms with Crippen LogP contribution in [-0.4, -0.2) is 29.3 Å². The summed E-state index contributed by atoms with van der Waals surface area (Å²) in [5, 5.41) is 16.9. The van der Waals surface area contributed by atoms with Crippen LogP contribution in [0.3, 0.4) is 0 Å². The summed E-state index contributed by atoms with van der Waals surface area (Å²) in [5.41, 5.74) is -0.268. The molecule has 0 radical (unpaired) electrons. The van der Waals surface area contributed by atoms with E-state index in [1.54, 1.807) is 41.8 Å². The van der Waals surface area contributed by atoms with E-state index in [0.717, 1.165) is 5.01 Å². The van der Waals surface area contributed by atoms with E-state index in [1.807, 2.05) is 19.2 Å². The minimum absolute atomic E-state index is 0.225. The van der Waals surface area contributed by atoms with Crippen molar-refractivity contribution in [3.8, 4) is 5.75 Å². The minimum Gasteiger partial charge on any atom is -0.491 e. The molecule has 1 aromatic heterocycles. The number of nitrogens with zero attached hydrogens (tertiary/aromatic N) is 1. The molecule has 114 valence electrons. The SMILES string of the molecule is CC(C)(NCC(O)COc1ccc(Cl)cc1)c1nccs1. The number of aliphatic hydroxyl groups is 1. The van der Waals surface area contributed by atoms with Crippen molar-refractivity contribution in [2.45, 2.75) is 25.5 Å². The molecule has 0 amide bonds. The van der Waals surface area contributed by atoms with Gasteiger partial charge in [0.2, 0.25) is 0 Å². The average molecular weight is 327 g/mol. The van der Waals surface area contributed by atoms with Gasteiger partial charge in [-0.15, -0.1) is 11.3 Å². The molecule has 1 heterocycles. The number of aromatic nitrogens is 1. The summed E-state index contributed by atoms with van der Waals surface area (Å²) in [6.45, 7) is 4.74. The highest BCUT2D eigenvalue weighted by molar-refractivity contribution is 7.09. The largest absolute Gasteiger partial charge is 0.491 e. The van der Waals surface area contributed by atoms with Gasteiger partial charge in [-0.05, 0) is 38.1 Å². The Bertz CT molecular complexity index is 543. The fourth-order valence-corrected chi connectivity index (χ4v) is 2.63. The Labute approximate surface area is 133 Å². The van der Waals surface area contributed by atoms with Gasteiger partial charge in [-0.3, -0.25) is 0 Å². The molecule has 0 bridgehead atoms. The highest BCUT2D eigenvalue weighted by Gasteiger charge is 2.23. The van der Waals surface area contributed by atoms with E-state index in [9.17, 15) is 5.11 Å². The monoisotopic (exact) mass is 326 g/mol. The lowest BCUT2D eigenvalue weighted by molar-refractivity contribution is 0.0987. The van der Waals surface area contributed by atoms with Crippen LogP contribution in [-0.2, 0) is 5.54 Å². The molecule has 2 aromatic rings. The van der Waals surface area contributed by atoms with E-state index < -0.39 is 6.10 Å².